The van der Waals surface area contributed by atoms with Crippen molar-refractivity contribution in [3.63, 3.8) is 0 Å². The first-order valence-corrected chi connectivity index (χ1v) is 8.55. The molecule has 0 bridgehead atoms. The Labute approximate surface area is 147 Å². The van der Waals surface area contributed by atoms with Gasteiger partial charge in [-0.05, 0) is 36.8 Å². The Hall–Kier alpha value is -2.24. The van der Waals surface area contributed by atoms with E-state index >= 15 is 0 Å². The monoisotopic (exact) mass is 342 g/mol. The van der Waals surface area contributed by atoms with Gasteiger partial charge in [-0.25, -0.2) is 4.39 Å². The fourth-order valence-corrected chi connectivity index (χ4v) is 3.11. The van der Waals surface area contributed by atoms with E-state index in [-0.39, 0.29) is 17.8 Å². The number of morpholine rings is 1. The van der Waals surface area contributed by atoms with Crippen LogP contribution in [0, 0.1) is 12.7 Å². The van der Waals surface area contributed by atoms with Gasteiger partial charge < -0.3 is 10.1 Å². The van der Waals surface area contributed by atoms with Crippen molar-refractivity contribution in [3.8, 4) is 0 Å². The van der Waals surface area contributed by atoms with E-state index in [1.807, 2.05) is 31.2 Å². The third-order valence-corrected chi connectivity index (χ3v) is 4.48. The van der Waals surface area contributed by atoms with Crippen molar-refractivity contribution >= 4 is 5.91 Å². The molecule has 3 rings (SSSR count). The van der Waals surface area contributed by atoms with E-state index in [4.69, 9.17) is 4.74 Å². The van der Waals surface area contributed by atoms with Crippen LogP contribution in [-0.2, 0) is 4.74 Å². The highest BCUT2D eigenvalue weighted by atomic mass is 19.1. The third kappa shape index (κ3) is 4.65. The molecule has 132 valence electrons. The van der Waals surface area contributed by atoms with Crippen LogP contribution >= 0.6 is 0 Å². The van der Waals surface area contributed by atoms with Crippen LogP contribution in [0.5, 0.6) is 0 Å². The van der Waals surface area contributed by atoms with Crippen LogP contribution in [0.3, 0.4) is 0 Å². The van der Waals surface area contributed by atoms with E-state index in [0.29, 0.717) is 25.3 Å². The van der Waals surface area contributed by atoms with Crippen molar-refractivity contribution in [2.24, 2.45) is 0 Å². The topological polar surface area (TPSA) is 41.6 Å². The van der Waals surface area contributed by atoms with Crippen molar-refractivity contribution in [3.05, 3.63) is 71.0 Å². The molecule has 0 aliphatic carbocycles. The van der Waals surface area contributed by atoms with Gasteiger partial charge in [0.1, 0.15) is 5.82 Å². The highest BCUT2D eigenvalue weighted by molar-refractivity contribution is 5.94. The molecule has 5 heteroatoms. The van der Waals surface area contributed by atoms with Crippen LogP contribution in [0.2, 0.25) is 0 Å². The van der Waals surface area contributed by atoms with Gasteiger partial charge in [-0.15, -0.1) is 0 Å². The number of hydrogen-bond acceptors (Lipinski definition) is 3. The molecule has 0 aromatic heterocycles. The average Bonchev–Trinajstić information content (AvgIpc) is 2.64. The lowest BCUT2D eigenvalue weighted by Crippen LogP contribution is -2.43. The number of ether oxygens (including phenoxy) is 1. The molecule has 1 aliphatic heterocycles. The number of halogens is 1. The molecule has 4 nitrogen and oxygen atoms in total. The Balaban J connectivity index is 1.73. The van der Waals surface area contributed by atoms with Crippen LogP contribution in [-0.4, -0.2) is 43.7 Å². The van der Waals surface area contributed by atoms with Gasteiger partial charge in [-0.3, -0.25) is 9.69 Å². The van der Waals surface area contributed by atoms with Crippen molar-refractivity contribution in [1.82, 2.24) is 10.2 Å². The Morgan fingerprint density at radius 1 is 1.20 bits per heavy atom. The van der Waals surface area contributed by atoms with Crippen LogP contribution in [0.25, 0.3) is 0 Å². The number of nitrogens with one attached hydrogen (secondary N) is 1. The number of rotatable bonds is 5. The first kappa shape index (κ1) is 17.6. The summed E-state index contributed by atoms with van der Waals surface area (Å²) in [5.41, 5.74) is 2.70. The zero-order valence-electron chi connectivity index (χ0n) is 14.4. The molecule has 1 N–H and O–H groups in total. The first-order valence-electron chi connectivity index (χ1n) is 8.55. The van der Waals surface area contributed by atoms with Crippen molar-refractivity contribution in [2.75, 3.05) is 32.8 Å². The van der Waals surface area contributed by atoms with Gasteiger partial charge in [0.15, 0.2) is 0 Å². The number of carbonyl (C=O) groups excluding carboxylic acids is 1. The molecule has 0 unspecified atom stereocenters. The van der Waals surface area contributed by atoms with E-state index in [1.54, 1.807) is 12.1 Å². The Bertz CT molecular complexity index is 712. The maximum Gasteiger partial charge on any atom is 0.251 e. The molecule has 0 saturated carbocycles. The normalized spacial score (nSPS) is 16.4. The number of aryl methyl sites for hydroxylation is 1. The van der Waals surface area contributed by atoms with Crippen molar-refractivity contribution in [2.45, 2.75) is 13.0 Å². The minimum atomic E-state index is -0.256. The molecule has 0 radical (unpaired) electrons. The van der Waals surface area contributed by atoms with Crippen LogP contribution in [0.4, 0.5) is 4.39 Å². The molecule has 1 atom stereocenters. The van der Waals surface area contributed by atoms with Gasteiger partial charge in [0.05, 0.1) is 19.3 Å². The van der Waals surface area contributed by atoms with E-state index in [2.05, 4.69) is 10.2 Å². The average molecular weight is 342 g/mol. The van der Waals surface area contributed by atoms with Gasteiger partial charge in [-0.2, -0.15) is 0 Å². The molecule has 25 heavy (non-hydrogen) atoms. The molecular weight excluding hydrogens is 319 g/mol. The second-order valence-corrected chi connectivity index (χ2v) is 6.30. The predicted octanol–water partition coefficient (Wildman–Crippen LogP) is 2.94. The molecule has 1 aliphatic rings. The molecular formula is C20H23FN2O2. The molecule has 0 spiro atoms. The lowest BCUT2D eigenvalue weighted by Gasteiger charge is -2.35. The Kier molecular flexibility index (Phi) is 5.79. The summed E-state index contributed by atoms with van der Waals surface area (Å²) in [7, 11) is 0. The summed E-state index contributed by atoms with van der Waals surface area (Å²) in [5.74, 6) is -0.350. The molecule has 1 fully saturated rings. The third-order valence-electron chi connectivity index (χ3n) is 4.48. The maximum atomic E-state index is 13.3. The summed E-state index contributed by atoms with van der Waals surface area (Å²) < 4.78 is 18.7. The SMILES string of the molecule is Cc1cccc(C(=O)NC[C@@H](c2ccc(F)cc2)N2CCOCC2)c1. The van der Waals surface area contributed by atoms with Crippen molar-refractivity contribution < 1.29 is 13.9 Å². The van der Waals surface area contributed by atoms with E-state index in [9.17, 15) is 9.18 Å². The minimum Gasteiger partial charge on any atom is -0.379 e. The summed E-state index contributed by atoms with van der Waals surface area (Å²) >= 11 is 0. The number of nitrogens with zero attached hydrogens (tertiary/aromatic N) is 1. The minimum absolute atomic E-state index is 0.00161. The largest absolute Gasteiger partial charge is 0.379 e. The summed E-state index contributed by atoms with van der Waals surface area (Å²) in [4.78, 5) is 14.7. The van der Waals surface area contributed by atoms with E-state index in [0.717, 1.165) is 24.2 Å². The summed E-state index contributed by atoms with van der Waals surface area (Å²) in [6, 6.07) is 14.0. The van der Waals surface area contributed by atoms with Crippen molar-refractivity contribution in [1.29, 1.82) is 0 Å². The number of benzene rings is 2. The molecule has 1 amide bonds. The summed E-state index contributed by atoms with van der Waals surface area (Å²) in [6.45, 7) is 5.36. The second-order valence-electron chi connectivity index (χ2n) is 6.30. The fraction of sp³-hybridized carbons (Fsp3) is 0.350. The molecule has 2 aromatic rings. The Morgan fingerprint density at radius 3 is 2.60 bits per heavy atom. The highest BCUT2D eigenvalue weighted by Crippen LogP contribution is 2.22. The van der Waals surface area contributed by atoms with E-state index < -0.39 is 0 Å². The lowest BCUT2D eigenvalue weighted by atomic mass is 10.0. The summed E-state index contributed by atoms with van der Waals surface area (Å²) in [6.07, 6.45) is 0. The molecule has 1 saturated heterocycles. The van der Waals surface area contributed by atoms with Gasteiger partial charge in [0, 0.05) is 25.2 Å². The standard InChI is InChI=1S/C20H23FN2O2/c1-15-3-2-4-17(13-15)20(24)22-14-19(23-9-11-25-12-10-23)16-5-7-18(21)8-6-16/h2-8,13,19H,9-12,14H2,1H3,(H,22,24)/t19-/m0/s1. The van der Waals surface area contributed by atoms with Crippen LogP contribution in [0.1, 0.15) is 27.5 Å². The second kappa shape index (κ2) is 8.23. The zero-order valence-corrected chi connectivity index (χ0v) is 14.4. The number of carbonyl (C=O) groups is 1. The van der Waals surface area contributed by atoms with Crippen LogP contribution < -0.4 is 5.32 Å². The fourth-order valence-electron chi connectivity index (χ4n) is 3.11. The van der Waals surface area contributed by atoms with Gasteiger partial charge in [-0.1, -0.05) is 29.8 Å². The highest BCUT2D eigenvalue weighted by Gasteiger charge is 2.23. The van der Waals surface area contributed by atoms with Gasteiger partial charge >= 0.3 is 0 Å². The predicted molar refractivity (Wildman–Crippen MR) is 95.0 cm³/mol. The summed E-state index contributed by atoms with van der Waals surface area (Å²) in [5, 5.41) is 3.02. The molecule has 1 heterocycles. The lowest BCUT2D eigenvalue weighted by molar-refractivity contribution is 0.0162. The van der Waals surface area contributed by atoms with E-state index in [1.165, 1.54) is 12.1 Å². The van der Waals surface area contributed by atoms with Gasteiger partial charge in [0.25, 0.3) is 5.91 Å². The van der Waals surface area contributed by atoms with Gasteiger partial charge in [0.2, 0.25) is 0 Å². The Morgan fingerprint density at radius 2 is 1.92 bits per heavy atom. The zero-order chi connectivity index (χ0) is 17.6. The smallest absolute Gasteiger partial charge is 0.251 e. The molecule has 2 aromatic carbocycles. The number of amides is 1. The quantitative estimate of drug-likeness (QED) is 0.908. The van der Waals surface area contributed by atoms with Crippen LogP contribution in [0.15, 0.2) is 48.5 Å². The maximum absolute atomic E-state index is 13.3. The first-order chi connectivity index (χ1) is 12.1. The number of hydrogen-bond donors (Lipinski definition) is 1.